The Kier molecular flexibility index (Phi) is 5.61. The number of anilines is 1. The topological polar surface area (TPSA) is 27.3 Å². The fourth-order valence-electron chi connectivity index (χ4n) is 2.93. The molecule has 122 valence electrons. The molecule has 0 radical (unpaired) electrons. The Bertz CT molecular complexity index is 609. The minimum Gasteiger partial charge on any atom is -0.367 e. The van der Waals surface area contributed by atoms with Crippen molar-refractivity contribution in [1.29, 1.82) is 0 Å². The van der Waals surface area contributed by atoms with Crippen molar-refractivity contribution in [2.24, 2.45) is 0 Å². The van der Waals surface area contributed by atoms with Crippen LogP contribution in [0.3, 0.4) is 0 Å². The van der Waals surface area contributed by atoms with Crippen LogP contribution in [0.1, 0.15) is 11.1 Å². The van der Waals surface area contributed by atoms with Gasteiger partial charge in [0, 0.05) is 32.7 Å². The van der Waals surface area contributed by atoms with Gasteiger partial charge in [-0.15, -0.1) is 0 Å². The largest absolute Gasteiger partial charge is 0.367 e. The van der Waals surface area contributed by atoms with Crippen molar-refractivity contribution in [2.75, 3.05) is 37.6 Å². The first-order chi connectivity index (χ1) is 11.3. The van der Waals surface area contributed by atoms with E-state index in [0.717, 1.165) is 56.9 Å². The standard InChI is InChI=1S/C19H24FN3/c20-18-7-6-17(14-19(18)23-12-10-21-11-13-23)15-22-9-8-16-4-2-1-3-5-16/h1-7,14,21-22H,8-13,15H2. The lowest BCUT2D eigenvalue weighted by Crippen LogP contribution is -2.43. The Labute approximate surface area is 137 Å². The Morgan fingerprint density at radius 1 is 1.00 bits per heavy atom. The van der Waals surface area contributed by atoms with Crippen molar-refractivity contribution >= 4 is 5.69 Å². The lowest BCUT2D eigenvalue weighted by Gasteiger charge is -2.30. The van der Waals surface area contributed by atoms with Crippen molar-refractivity contribution < 1.29 is 4.39 Å². The van der Waals surface area contributed by atoms with Crippen molar-refractivity contribution in [3.63, 3.8) is 0 Å². The number of halogens is 1. The van der Waals surface area contributed by atoms with Crippen LogP contribution in [0.2, 0.25) is 0 Å². The van der Waals surface area contributed by atoms with Crippen LogP contribution in [0.25, 0.3) is 0 Å². The summed E-state index contributed by atoms with van der Waals surface area (Å²) < 4.78 is 14.1. The second kappa shape index (κ2) is 8.09. The number of rotatable bonds is 6. The molecule has 1 aliphatic rings. The summed E-state index contributed by atoms with van der Waals surface area (Å²) >= 11 is 0. The number of hydrogen-bond donors (Lipinski definition) is 2. The molecular formula is C19H24FN3. The van der Waals surface area contributed by atoms with Crippen LogP contribution in [0.4, 0.5) is 10.1 Å². The highest BCUT2D eigenvalue weighted by molar-refractivity contribution is 5.50. The number of benzene rings is 2. The van der Waals surface area contributed by atoms with Crippen molar-refractivity contribution in [2.45, 2.75) is 13.0 Å². The SMILES string of the molecule is Fc1ccc(CNCCc2ccccc2)cc1N1CCNCC1. The first kappa shape index (κ1) is 16.0. The number of piperazine rings is 1. The zero-order chi connectivity index (χ0) is 15.9. The predicted molar refractivity (Wildman–Crippen MR) is 93.3 cm³/mol. The molecule has 1 heterocycles. The molecule has 3 rings (SSSR count). The molecule has 1 aliphatic heterocycles. The Morgan fingerprint density at radius 2 is 1.78 bits per heavy atom. The van der Waals surface area contributed by atoms with E-state index in [1.807, 2.05) is 18.2 Å². The van der Waals surface area contributed by atoms with E-state index in [1.54, 1.807) is 6.07 Å². The maximum absolute atomic E-state index is 14.1. The third-order valence-corrected chi connectivity index (χ3v) is 4.23. The second-order valence-corrected chi connectivity index (χ2v) is 5.94. The Morgan fingerprint density at radius 3 is 2.57 bits per heavy atom. The third kappa shape index (κ3) is 4.53. The van der Waals surface area contributed by atoms with Gasteiger partial charge in [0.2, 0.25) is 0 Å². The smallest absolute Gasteiger partial charge is 0.146 e. The monoisotopic (exact) mass is 313 g/mol. The molecule has 0 spiro atoms. The predicted octanol–water partition coefficient (Wildman–Crippen LogP) is 2.57. The van der Waals surface area contributed by atoms with Crippen LogP contribution in [0.5, 0.6) is 0 Å². The van der Waals surface area contributed by atoms with E-state index in [4.69, 9.17) is 0 Å². The Balaban J connectivity index is 1.53. The molecule has 2 aromatic carbocycles. The van der Waals surface area contributed by atoms with E-state index >= 15 is 0 Å². The van der Waals surface area contributed by atoms with Crippen molar-refractivity contribution in [1.82, 2.24) is 10.6 Å². The van der Waals surface area contributed by atoms with E-state index in [1.165, 1.54) is 5.56 Å². The van der Waals surface area contributed by atoms with E-state index in [0.29, 0.717) is 0 Å². The van der Waals surface area contributed by atoms with Crippen molar-refractivity contribution in [3.8, 4) is 0 Å². The summed E-state index contributed by atoms with van der Waals surface area (Å²) in [5.41, 5.74) is 3.20. The van der Waals surface area contributed by atoms with Gasteiger partial charge in [-0.2, -0.15) is 0 Å². The lowest BCUT2D eigenvalue weighted by molar-refractivity contribution is 0.565. The first-order valence-electron chi connectivity index (χ1n) is 8.32. The van der Waals surface area contributed by atoms with Gasteiger partial charge in [0.05, 0.1) is 5.69 Å². The molecule has 2 N–H and O–H groups in total. The van der Waals surface area contributed by atoms with Crippen LogP contribution in [-0.4, -0.2) is 32.7 Å². The molecule has 0 saturated carbocycles. The number of nitrogens with zero attached hydrogens (tertiary/aromatic N) is 1. The summed E-state index contributed by atoms with van der Waals surface area (Å²) in [6.07, 6.45) is 1.01. The molecule has 23 heavy (non-hydrogen) atoms. The average molecular weight is 313 g/mol. The molecule has 1 fully saturated rings. The van der Waals surface area contributed by atoms with Gasteiger partial charge in [0.1, 0.15) is 5.82 Å². The Hall–Kier alpha value is -1.91. The molecule has 0 amide bonds. The molecular weight excluding hydrogens is 289 g/mol. The zero-order valence-electron chi connectivity index (χ0n) is 13.4. The van der Waals surface area contributed by atoms with E-state index in [-0.39, 0.29) is 5.82 Å². The molecule has 0 aromatic heterocycles. The van der Waals surface area contributed by atoms with E-state index in [2.05, 4.69) is 39.8 Å². The first-order valence-corrected chi connectivity index (χ1v) is 8.32. The molecule has 4 heteroatoms. The zero-order valence-corrected chi connectivity index (χ0v) is 13.4. The van der Waals surface area contributed by atoms with Gasteiger partial charge in [0.25, 0.3) is 0 Å². The van der Waals surface area contributed by atoms with Crippen LogP contribution in [-0.2, 0) is 13.0 Å². The molecule has 0 unspecified atom stereocenters. The van der Waals surface area contributed by atoms with Gasteiger partial charge in [0.15, 0.2) is 0 Å². The molecule has 1 saturated heterocycles. The quantitative estimate of drug-likeness (QED) is 0.803. The molecule has 2 aromatic rings. The summed E-state index contributed by atoms with van der Waals surface area (Å²) in [6, 6.07) is 15.9. The minimum absolute atomic E-state index is 0.125. The molecule has 3 nitrogen and oxygen atoms in total. The maximum Gasteiger partial charge on any atom is 0.146 e. The van der Waals surface area contributed by atoms with E-state index in [9.17, 15) is 4.39 Å². The summed E-state index contributed by atoms with van der Waals surface area (Å²) in [7, 11) is 0. The van der Waals surface area contributed by atoms with E-state index < -0.39 is 0 Å². The highest BCUT2D eigenvalue weighted by Gasteiger charge is 2.14. The average Bonchev–Trinajstić information content (AvgIpc) is 2.62. The lowest BCUT2D eigenvalue weighted by atomic mass is 10.1. The molecule has 0 aliphatic carbocycles. The van der Waals surface area contributed by atoms with Gasteiger partial charge >= 0.3 is 0 Å². The fraction of sp³-hybridized carbons (Fsp3) is 0.368. The van der Waals surface area contributed by atoms with Crippen LogP contribution < -0.4 is 15.5 Å². The van der Waals surface area contributed by atoms with Gasteiger partial charge < -0.3 is 15.5 Å². The van der Waals surface area contributed by atoms with Gasteiger partial charge in [-0.25, -0.2) is 4.39 Å². The van der Waals surface area contributed by atoms with Gasteiger partial charge in [-0.05, 0) is 36.2 Å². The summed E-state index contributed by atoms with van der Waals surface area (Å²) in [6.45, 7) is 5.25. The van der Waals surface area contributed by atoms with Crippen LogP contribution in [0.15, 0.2) is 48.5 Å². The number of hydrogen-bond acceptors (Lipinski definition) is 3. The summed E-state index contributed by atoms with van der Waals surface area (Å²) in [4.78, 5) is 2.12. The summed E-state index contributed by atoms with van der Waals surface area (Å²) in [5, 5.41) is 6.75. The second-order valence-electron chi connectivity index (χ2n) is 5.94. The highest BCUT2D eigenvalue weighted by atomic mass is 19.1. The minimum atomic E-state index is -0.125. The normalized spacial score (nSPS) is 14.9. The summed E-state index contributed by atoms with van der Waals surface area (Å²) in [5.74, 6) is -0.125. The van der Waals surface area contributed by atoms with Crippen LogP contribution in [0, 0.1) is 5.82 Å². The molecule has 0 bridgehead atoms. The maximum atomic E-state index is 14.1. The van der Waals surface area contributed by atoms with Crippen molar-refractivity contribution in [3.05, 3.63) is 65.5 Å². The fourth-order valence-corrected chi connectivity index (χ4v) is 2.93. The molecule has 0 atom stereocenters. The van der Waals surface area contributed by atoms with Gasteiger partial charge in [-0.3, -0.25) is 0 Å². The van der Waals surface area contributed by atoms with Crippen LogP contribution >= 0.6 is 0 Å². The van der Waals surface area contributed by atoms with Gasteiger partial charge in [-0.1, -0.05) is 36.4 Å². The highest BCUT2D eigenvalue weighted by Crippen LogP contribution is 2.21. The third-order valence-electron chi connectivity index (χ3n) is 4.23. The number of nitrogens with one attached hydrogen (secondary N) is 2.